The molecule has 1 aliphatic rings. The average molecular weight is 376 g/mol. The lowest BCUT2D eigenvalue weighted by Crippen LogP contribution is -2.27. The van der Waals surface area contributed by atoms with Crippen LogP contribution in [0.25, 0.3) is 0 Å². The lowest BCUT2D eigenvalue weighted by molar-refractivity contribution is 0.0796. The third-order valence-electron chi connectivity index (χ3n) is 4.10. The molecule has 1 aliphatic heterocycles. The molecule has 0 saturated carbocycles. The number of hydrogen-bond donors (Lipinski definition) is 1. The van der Waals surface area contributed by atoms with Gasteiger partial charge < -0.3 is 14.4 Å². The number of rotatable bonds is 4. The zero-order chi connectivity index (χ0) is 18.9. The van der Waals surface area contributed by atoms with E-state index in [1.807, 2.05) is 0 Å². The second-order valence-electron chi connectivity index (χ2n) is 6.05. The molecule has 2 aromatic rings. The number of sulfonamides is 1. The summed E-state index contributed by atoms with van der Waals surface area (Å²) in [7, 11) is -0.796. The van der Waals surface area contributed by atoms with Crippen molar-refractivity contribution in [1.82, 2.24) is 4.90 Å². The van der Waals surface area contributed by atoms with E-state index >= 15 is 0 Å². The molecule has 1 amide bonds. The molecule has 3 rings (SSSR count). The first-order chi connectivity index (χ1) is 12.3. The van der Waals surface area contributed by atoms with E-state index in [1.54, 1.807) is 38.2 Å². The summed E-state index contributed by atoms with van der Waals surface area (Å²) in [5.41, 5.74) is 1.39. The van der Waals surface area contributed by atoms with Gasteiger partial charge in [-0.25, -0.2) is 8.42 Å². The highest BCUT2D eigenvalue weighted by Gasteiger charge is 2.24. The molecule has 0 aromatic heterocycles. The van der Waals surface area contributed by atoms with Gasteiger partial charge in [0.1, 0.15) is 23.0 Å². The minimum atomic E-state index is -3.89. The summed E-state index contributed by atoms with van der Waals surface area (Å²) in [5.74, 6) is 0.471. The molecule has 0 spiro atoms. The summed E-state index contributed by atoms with van der Waals surface area (Å²) in [5, 5.41) is 0. The lowest BCUT2D eigenvalue weighted by Gasteiger charge is -2.15. The van der Waals surface area contributed by atoms with E-state index in [-0.39, 0.29) is 22.2 Å². The van der Waals surface area contributed by atoms with Crippen LogP contribution in [0, 0.1) is 6.92 Å². The molecule has 0 unspecified atom stereocenters. The Morgan fingerprint density at radius 3 is 2.69 bits per heavy atom. The zero-order valence-electron chi connectivity index (χ0n) is 14.8. The van der Waals surface area contributed by atoms with Crippen LogP contribution in [0.4, 0.5) is 5.69 Å². The Labute approximate surface area is 152 Å². The third-order valence-corrected chi connectivity index (χ3v) is 5.50. The van der Waals surface area contributed by atoms with Crippen molar-refractivity contribution in [2.75, 3.05) is 32.0 Å². The Hall–Kier alpha value is -2.74. The Bertz CT molecular complexity index is 956. The van der Waals surface area contributed by atoms with Crippen LogP contribution in [0.2, 0.25) is 0 Å². The van der Waals surface area contributed by atoms with Crippen LogP contribution in [-0.4, -0.2) is 46.5 Å². The highest BCUT2D eigenvalue weighted by molar-refractivity contribution is 7.92. The number of aryl methyl sites for hydroxylation is 1. The number of amides is 1. The fraction of sp³-hybridized carbons (Fsp3) is 0.278. The predicted octanol–water partition coefficient (Wildman–Crippen LogP) is 2.27. The molecule has 0 bridgehead atoms. The number of likely N-dealkylation sites (N-methyl/N-ethyl adjacent to an activating group) is 1. The summed E-state index contributed by atoms with van der Waals surface area (Å²) in [6.07, 6.45) is 0. The van der Waals surface area contributed by atoms with Crippen molar-refractivity contribution in [3.63, 3.8) is 0 Å². The van der Waals surface area contributed by atoms with E-state index in [0.29, 0.717) is 24.5 Å². The molecule has 0 atom stereocenters. The van der Waals surface area contributed by atoms with Gasteiger partial charge in [-0.15, -0.1) is 0 Å². The minimum absolute atomic E-state index is 0.0367. The Balaban J connectivity index is 1.98. The van der Waals surface area contributed by atoms with Crippen molar-refractivity contribution in [1.29, 1.82) is 0 Å². The highest BCUT2D eigenvalue weighted by Crippen LogP contribution is 2.30. The Morgan fingerprint density at radius 2 is 1.96 bits per heavy atom. The molecule has 1 heterocycles. The van der Waals surface area contributed by atoms with E-state index in [2.05, 4.69) is 4.72 Å². The van der Waals surface area contributed by atoms with Crippen LogP contribution in [0.1, 0.15) is 15.9 Å². The third kappa shape index (κ3) is 3.45. The van der Waals surface area contributed by atoms with E-state index in [1.165, 1.54) is 24.1 Å². The largest absolute Gasteiger partial charge is 0.495 e. The van der Waals surface area contributed by atoms with Gasteiger partial charge in [-0.05, 0) is 42.8 Å². The quantitative estimate of drug-likeness (QED) is 0.885. The van der Waals surface area contributed by atoms with Gasteiger partial charge in [0.05, 0.1) is 19.2 Å². The molecule has 0 radical (unpaired) electrons. The lowest BCUT2D eigenvalue weighted by atomic mass is 10.1. The first kappa shape index (κ1) is 18.1. The standard InChI is InChI=1S/C18H20N2O5S/c1-12-4-6-16(24-3)17(10-12)26(22,23)19-13-5-7-15-14(11-13)18(21)20(2)8-9-25-15/h4-7,10-11,19H,8-9H2,1-3H3. The maximum atomic E-state index is 12.8. The van der Waals surface area contributed by atoms with Gasteiger partial charge in [0.15, 0.2) is 0 Å². The number of carbonyl (C=O) groups excluding carboxylic acids is 1. The molecule has 2 aromatic carbocycles. The topological polar surface area (TPSA) is 84.9 Å². The molecule has 0 fully saturated rings. The normalized spacial score (nSPS) is 14.3. The number of anilines is 1. The molecule has 0 saturated heterocycles. The monoisotopic (exact) mass is 376 g/mol. The summed E-state index contributed by atoms with van der Waals surface area (Å²) in [6.45, 7) is 2.66. The number of methoxy groups -OCH3 is 1. The molecular weight excluding hydrogens is 356 g/mol. The first-order valence-corrected chi connectivity index (χ1v) is 9.50. The van der Waals surface area contributed by atoms with E-state index in [0.717, 1.165) is 5.56 Å². The van der Waals surface area contributed by atoms with Gasteiger partial charge in [-0.3, -0.25) is 9.52 Å². The van der Waals surface area contributed by atoms with Crippen LogP contribution in [0.3, 0.4) is 0 Å². The molecule has 8 heteroatoms. The van der Waals surface area contributed by atoms with Crippen molar-refractivity contribution in [3.8, 4) is 11.5 Å². The number of nitrogens with zero attached hydrogens (tertiary/aromatic N) is 1. The second-order valence-corrected chi connectivity index (χ2v) is 7.70. The van der Waals surface area contributed by atoms with Gasteiger partial charge in [-0.2, -0.15) is 0 Å². The number of ether oxygens (including phenoxy) is 2. The van der Waals surface area contributed by atoms with Gasteiger partial charge in [-0.1, -0.05) is 6.07 Å². The molecule has 0 aliphatic carbocycles. The molecule has 1 N–H and O–H groups in total. The van der Waals surface area contributed by atoms with Crippen LogP contribution in [0.5, 0.6) is 11.5 Å². The van der Waals surface area contributed by atoms with E-state index in [9.17, 15) is 13.2 Å². The van der Waals surface area contributed by atoms with Crippen LogP contribution in [0.15, 0.2) is 41.3 Å². The number of fused-ring (bicyclic) bond motifs is 1. The molecule has 7 nitrogen and oxygen atoms in total. The van der Waals surface area contributed by atoms with Crippen molar-refractivity contribution in [2.45, 2.75) is 11.8 Å². The fourth-order valence-corrected chi connectivity index (χ4v) is 3.99. The van der Waals surface area contributed by atoms with Crippen molar-refractivity contribution < 1.29 is 22.7 Å². The second kappa shape index (κ2) is 6.87. The number of hydrogen-bond acceptors (Lipinski definition) is 5. The number of nitrogens with one attached hydrogen (secondary N) is 1. The minimum Gasteiger partial charge on any atom is -0.495 e. The van der Waals surface area contributed by atoms with Gasteiger partial charge in [0.25, 0.3) is 15.9 Å². The van der Waals surface area contributed by atoms with E-state index < -0.39 is 10.0 Å². The number of benzene rings is 2. The molecule has 138 valence electrons. The molecular formula is C18H20N2O5S. The zero-order valence-corrected chi connectivity index (χ0v) is 15.6. The summed E-state index contributed by atoms with van der Waals surface area (Å²) >= 11 is 0. The number of carbonyl (C=O) groups is 1. The van der Waals surface area contributed by atoms with E-state index in [4.69, 9.17) is 9.47 Å². The summed E-state index contributed by atoms with van der Waals surface area (Å²) in [4.78, 5) is 14.0. The average Bonchev–Trinajstić information content (AvgIpc) is 2.74. The maximum Gasteiger partial charge on any atom is 0.265 e. The van der Waals surface area contributed by atoms with Gasteiger partial charge in [0.2, 0.25) is 0 Å². The van der Waals surface area contributed by atoms with Gasteiger partial charge >= 0.3 is 0 Å². The SMILES string of the molecule is COc1ccc(C)cc1S(=O)(=O)Nc1ccc2c(c1)C(=O)N(C)CCO2. The molecule has 26 heavy (non-hydrogen) atoms. The highest BCUT2D eigenvalue weighted by atomic mass is 32.2. The van der Waals surface area contributed by atoms with Crippen LogP contribution in [-0.2, 0) is 10.0 Å². The maximum absolute atomic E-state index is 12.8. The first-order valence-electron chi connectivity index (χ1n) is 8.01. The van der Waals surface area contributed by atoms with Crippen LogP contribution >= 0.6 is 0 Å². The smallest absolute Gasteiger partial charge is 0.265 e. The Morgan fingerprint density at radius 1 is 1.19 bits per heavy atom. The van der Waals surface area contributed by atoms with Crippen molar-refractivity contribution >= 4 is 21.6 Å². The van der Waals surface area contributed by atoms with Crippen LogP contribution < -0.4 is 14.2 Å². The predicted molar refractivity (Wildman–Crippen MR) is 97.4 cm³/mol. The Kier molecular flexibility index (Phi) is 4.78. The van der Waals surface area contributed by atoms with Gasteiger partial charge in [0, 0.05) is 12.7 Å². The fourth-order valence-electron chi connectivity index (χ4n) is 2.69. The summed E-state index contributed by atoms with van der Waals surface area (Å²) in [6, 6.07) is 9.56. The van der Waals surface area contributed by atoms with Crippen molar-refractivity contribution in [2.24, 2.45) is 0 Å². The summed E-state index contributed by atoms with van der Waals surface area (Å²) < 4.78 is 38.8. The van der Waals surface area contributed by atoms with Crippen molar-refractivity contribution in [3.05, 3.63) is 47.5 Å².